The van der Waals surface area contributed by atoms with E-state index in [0.29, 0.717) is 0 Å². The molecular formula is C10H14Cu. The molecule has 0 atom stereocenters. The third-order valence-electron chi connectivity index (χ3n) is 0.750. The minimum atomic E-state index is 0. The molecule has 0 aromatic carbocycles. The molecule has 0 heterocycles. The standard InChI is InChI=1S/2C5H7.Cu/c2*1-3-5-4-2;/h2*3,5H2,1H3;/q2*-1;+2. The Morgan fingerprint density at radius 2 is 1.18 bits per heavy atom. The van der Waals surface area contributed by atoms with E-state index in [-0.39, 0.29) is 17.1 Å². The molecule has 0 aliphatic rings. The molecule has 0 aliphatic carbocycles. The molecule has 0 N–H and O–H groups in total. The minimum absolute atomic E-state index is 0. The van der Waals surface area contributed by atoms with Crippen LogP contribution in [0.5, 0.6) is 0 Å². The van der Waals surface area contributed by atoms with E-state index >= 15 is 0 Å². The average Bonchev–Trinajstić information content (AvgIpc) is 1.93. The molecular weight excluding hydrogens is 184 g/mol. The van der Waals surface area contributed by atoms with E-state index in [1.807, 2.05) is 13.8 Å². The predicted octanol–water partition coefficient (Wildman–Crippen LogP) is 2.75. The first-order chi connectivity index (χ1) is 4.83. The molecule has 0 saturated heterocycles. The fraction of sp³-hybridized carbons (Fsp3) is 0.600. The molecule has 0 saturated carbocycles. The van der Waals surface area contributed by atoms with Gasteiger partial charge in [-0.2, -0.15) is 0 Å². The fourth-order valence-electron chi connectivity index (χ4n) is 0.250. The maximum Gasteiger partial charge on any atom is 2.00 e. The molecule has 0 bridgehead atoms. The normalized spacial score (nSPS) is 5.82. The maximum absolute atomic E-state index is 6.35. The van der Waals surface area contributed by atoms with Crippen molar-refractivity contribution >= 4 is 0 Å². The minimum Gasteiger partial charge on any atom is -0.694 e. The number of hydrogen-bond acceptors (Lipinski definition) is 0. The first-order valence-electron chi connectivity index (χ1n) is 3.62. The Bertz CT molecular complexity index is 97.8. The summed E-state index contributed by atoms with van der Waals surface area (Å²) in [6.07, 6.45) is 16.4. The Balaban J connectivity index is -0.000000107. The quantitative estimate of drug-likeness (QED) is 0.363. The van der Waals surface area contributed by atoms with Gasteiger partial charge in [-0.15, -0.1) is 0 Å². The van der Waals surface area contributed by atoms with E-state index in [9.17, 15) is 0 Å². The van der Waals surface area contributed by atoms with Gasteiger partial charge in [-0.1, -0.05) is 13.8 Å². The Kier molecular flexibility index (Phi) is 34.8. The maximum atomic E-state index is 6.35. The van der Waals surface area contributed by atoms with Crippen LogP contribution in [0.25, 0.3) is 0 Å². The summed E-state index contributed by atoms with van der Waals surface area (Å²) in [5.74, 6) is 4.53. The van der Waals surface area contributed by atoms with Crippen molar-refractivity contribution in [2.24, 2.45) is 0 Å². The summed E-state index contributed by atoms with van der Waals surface area (Å²) in [4.78, 5) is 0. The van der Waals surface area contributed by atoms with Gasteiger partial charge in [-0.25, -0.2) is 0 Å². The fourth-order valence-corrected chi connectivity index (χ4v) is 0.250. The van der Waals surface area contributed by atoms with Crippen LogP contribution >= 0.6 is 0 Å². The average molecular weight is 198 g/mol. The Morgan fingerprint density at radius 1 is 0.909 bits per heavy atom. The summed E-state index contributed by atoms with van der Waals surface area (Å²) in [7, 11) is 0. The van der Waals surface area contributed by atoms with Gasteiger partial charge in [0.1, 0.15) is 0 Å². The van der Waals surface area contributed by atoms with Crippen LogP contribution in [0.3, 0.4) is 0 Å². The van der Waals surface area contributed by atoms with E-state index < -0.39 is 0 Å². The molecule has 0 aromatic rings. The molecule has 0 aliphatic heterocycles. The van der Waals surface area contributed by atoms with E-state index in [0.717, 1.165) is 25.7 Å². The van der Waals surface area contributed by atoms with Gasteiger partial charge in [-0.05, 0) is 25.7 Å². The third kappa shape index (κ3) is 42.5. The zero-order chi connectivity index (χ0) is 8.24. The second-order valence-corrected chi connectivity index (χ2v) is 1.85. The number of rotatable bonds is 2. The van der Waals surface area contributed by atoms with Crippen molar-refractivity contribution < 1.29 is 17.1 Å². The van der Waals surface area contributed by atoms with E-state index in [2.05, 4.69) is 11.8 Å². The summed E-state index contributed by atoms with van der Waals surface area (Å²) in [6.45, 7) is 4.06. The first kappa shape index (κ1) is 16.9. The zero-order valence-electron chi connectivity index (χ0n) is 7.13. The van der Waals surface area contributed by atoms with Gasteiger partial charge >= 0.3 is 17.1 Å². The van der Waals surface area contributed by atoms with Gasteiger partial charge in [0.25, 0.3) is 0 Å². The molecule has 65 valence electrons. The van der Waals surface area contributed by atoms with Crippen molar-refractivity contribution in [1.29, 1.82) is 0 Å². The van der Waals surface area contributed by atoms with Gasteiger partial charge < -0.3 is 24.7 Å². The van der Waals surface area contributed by atoms with Crippen molar-refractivity contribution in [3.63, 3.8) is 0 Å². The second kappa shape index (κ2) is 22.6. The molecule has 0 unspecified atom stereocenters. The summed E-state index contributed by atoms with van der Waals surface area (Å²) >= 11 is 0. The third-order valence-corrected chi connectivity index (χ3v) is 0.750. The first-order valence-corrected chi connectivity index (χ1v) is 3.62. The van der Waals surface area contributed by atoms with Gasteiger partial charge in [0, 0.05) is 0 Å². The molecule has 1 radical (unpaired) electrons. The van der Waals surface area contributed by atoms with E-state index in [4.69, 9.17) is 12.8 Å². The molecule has 0 spiro atoms. The Labute approximate surface area is 81.6 Å². The Morgan fingerprint density at radius 3 is 1.18 bits per heavy atom. The van der Waals surface area contributed by atoms with Crippen molar-refractivity contribution in [1.82, 2.24) is 0 Å². The zero-order valence-corrected chi connectivity index (χ0v) is 8.07. The second-order valence-electron chi connectivity index (χ2n) is 1.85. The van der Waals surface area contributed by atoms with Crippen LogP contribution < -0.4 is 0 Å². The van der Waals surface area contributed by atoms with Gasteiger partial charge in [0.05, 0.1) is 0 Å². The predicted molar refractivity (Wildman–Crippen MR) is 44.1 cm³/mol. The van der Waals surface area contributed by atoms with E-state index in [1.54, 1.807) is 0 Å². The topological polar surface area (TPSA) is 0 Å². The van der Waals surface area contributed by atoms with Crippen molar-refractivity contribution in [3.05, 3.63) is 12.8 Å². The smallest absolute Gasteiger partial charge is 0.694 e. The van der Waals surface area contributed by atoms with Gasteiger partial charge in [0.2, 0.25) is 0 Å². The molecule has 11 heavy (non-hydrogen) atoms. The monoisotopic (exact) mass is 197 g/mol. The van der Waals surface area contributed by atoms with Crippen LogP contribution in [0.1, 0.15) is 39.5 Å². The number of hydrogen-bond donors (Lipinski definition) is 0. The van der Waals surface area contributed by atoms with Crippen LogP contribution in [0.2, 0.25) is 0 Å². The van der Waals surface area contributed by atoms with Crippen LogP contribution in [-0.2, 0) is 17.1 Å². The molecule has 0 nitrogen and oxygen atoms in total. The van der Waals surface area contributed by atoms with Crippen molar-refractivity contribution in [2.75, 3.05) is 0 Å². The van der Waals surface area contributed by atoms with Crippen LogP contribution in [0.15, 0.2) is 0 Å². The van der Waals surface area contributed by atoms with E-state index in [1.165, 1.54) is 0 Å². The summed E-state index contributed by atoms with van der Waals surface area (Å²) in [6, 6.07) is 0. The van der Waals surface area contributed by atoms with Crippen LogP contribution in [0.4, 0.5) is 0 Å². The van der Waals surface area contributed by atoms with Crippen LogP contribution in [0, 0.1) is 24.7 Å². The summed E-state index contributed by atoms with van der Waals surface area (Å²) < 4.78 is 0. The summed E-state index contributed by atoms with van der Waals surface area (Å²) in [5.41, 5.74) is 0. The molecule has 1 heteroatoms. The molecule has 0 rings (SSSR count). The largest absolute Gasteiger partial charge is 2.00 e. The van der Waals surface area contributed by atoms with Crippen molar-refractivity contribution in [2.45, 2.75) is 39.5 Å². The van der Waals surface area contributed by atoms with Gasteiger partial charge in [-0.3, -0.25) is 0 Å². The number of unbranched alkanes of at least 4 members (excludes halogenated alkanes) is 2. The molecule has 0 fully saturated rings. The summed E-state index contributed by atoms with van der Waals surface area (Å²) in [5, 5.41) is 0. The SMILES string of the molecule is [C-]#CCCC.[C-]#CCCC.[Cu+2]. The van der Waals surface area contributed by atoms with Crippen molar-refractivity contribution in [3.8, 4) is 11.8 Å². The molecule has 0 aromatic heterocycles. The molecule has 0 amide bonds. The van der Waals surface area contributed by atoms with Crippen LogP contribution in [-0.4, -0.2) is 0 Å². The van der Waals surface area contributed by atoms with Gasteiger partial charge in [0.15, 0.2) is 0 Å². The Hall–Kier alpha value is -0.361.